The van der Waals surface area contributed by atoms with Crippen LogP contribution in [0.15, 0.2) is 0 Å². The molecule has 0 aromatic carbocycles. The summed E-state index contributed by atoms with van der Waals surface area (Å²) >= 11 is 0. The molecule has 1 saturated carbocycles. The van der Waals surface area contributed by atoms with Gasteiger partial charge in [0.25, 0.3) is 0 Å². The predicted molar refractivity (Wildman–Crippen MR) is 44.5 cm³/mol. The maximum atomic E-state index is 11.9. The molecule has 0 unspecified atom stereocenters. The Bertz CT molecular complexity index is 213. The Labute approximate surface area is 80.0 Å². The van der Waals surface area contributed by atoms with Crippen LogP contribution in [0.4, 0.5) is 13.2 Å². The third kappa shape index (κ3) is 3.53. The van der Waals surface area contributed by atoms with Crippen molar-refractivity contribution in [1.82, 2.24) is 4.90 Å². The first-order chi connectivity index (χ1) is 6.44. The average Bonchev–Trinajstić information content (AvgIpc) is 2.78. The smallest absolute Gasteiger partial charge is 0.338 e. The van der Waals surface area contributed by atoms with E-state index in [9.17, 15) is 18.0 Å². The Morgan fingerprint density at radius 1 is 1.43 bits per heavy atom. The van der Waals surface area contributed by atoms with Crippen LogP contribution < -0.4 is 5.73 Å². The molecule has 0 heterocycles. The molecule has 0 aromatic rings. The quantitative estimate of drug-likeness (QED) is 0.749. The van der Waals surface area contributed by atoms with Gasteiger partial charge in [-0.2, -0.15) is 13.2 Å². The van der Waals surface area contributed by atoms with E-state index in [1.165, 1.54) is 4.90 Å². The van der Waals surface area contributed by atoms with E-state index in [1.807, 2.05) is 0 Å². The summed E-state index contributed by atoms with van der Waals surface area (Å²) in [7, 11) is 0. The fourth-order valence-electron chi connectivity index (χ4n) is 1.31. The summed E-state index contributed by atoms with van der Waals surface area (Å²) < 4.78 is 35.7. The van der Waals surface area contributed by atoms with Crippen molar-refractivity contribution in [2.75, 3.05) is 13.1 Å². The number of amides is 1. The summed E-state index contributed by atoms with van der Waals surface area (Å²) in [6.07, 6.45) is -4.20. The van der Waals surface area contributed by atoms with Crippen LogP contribution in [0, 0.1) is 0 Å². The van der Waals surface area contributed by atoms with E-state index in [1.54, 1.807) is 0 Å². The second-order valence-electron chi connectivity index (χ2n) is 3.40. The molecule has 1 rings (SSSR count). The lowest BCUT2D eigenvalue weighted by atomic mass is 10.3. The standard InChI is InChI=1S/C8H13F3N2O/c9-8(10,11)5-7(14)13(4-3-12)6-1-2-6/h6H,1-5,12H2. The van der Waals surface area contributed by atoms with Gasteiger partial charge in [-0.25, -0.2) is 0 Å². The minimum Gasteiger partial charge on any atom is -0.338 e. The first-order valence-corrected chi connectivity index (χ1v) is 4.50. The zero-order valence-corrected chi connectivity index (χ0v) is 7.68. The van der Waals surface area contributed by atoms with Gasteiger partial charge in [0.15, 0.2) is 0 Å². The molecule has 1 aliphatic carbocycles. The normalized spacial score (nSPS) is 16.9. The van der Waals surface area contributed by atoms with E-state index in [4.69, 9.17) is 5.73 Å². The number of hydrogen-bond acceptors (Lipinski definition) is 2. The number of halogens is 3. The Morgan fingerprint density at radius 2 is 2.00 bits per heavy atom. The molecule has 0 bridgehead atoms. The highest BCUT2D eigenvalue weighted by molar-refractivity contribution is 5.77. The number of nitrogens with two attached hydrogens (primary N) is 1. The number of nitrogens with zero attached hydrogens (tertiary/aromatic N) is 1. The van der Waals surface area contributed by atoms with E-state index in [0.29, 0.717) is 0 Å². The number of carbonyl (C=O) groups excluding carboxylic acids is 1. The number of alkyl halides is 3. The van der Waals surface area contributed by atoms with Crippen molar-refractivity contribution in [2.24, 2.45) is 5.73 Å². The molecule has 0 aromatic heterocycles. The van der Waals surface area contributed by atoms with Crippen LogP contribution in [0.3, 0.4) is 0 Å². The van der Waals surface area contributed by atoms with Crippen LogP contribution in [-0.2, 0) is 4.79 Å². The van der Waals surface area contributed by atoms with Crippen molar-refractivity contribution < 1.29 is 18.0 Å². The lowest BCUT2D eigenvalue weighted by Gasteiger charge is -2.22. The maximum absolute atomic E-state index is 11.9. The van der Waals surface area contributed by atoms with Gasteiger partial charge in [0.2, 0.25) is 5.91 Å². The van der Waals surface area contributed by atoms with E-state index in [-0.39, 0.29) is 19.1 Å². The molecule has 1 amide bonds. The molecule has 0 spiro atoms. The zero-order valence-electron chi connectivity index (χ0n) is 7.68. The third-order valence-corrected chi connectivity index (χ3v) is 2.03. The first kappa shape index (κ1) is 11.3. The lowest BCUT2D eigenvalue weighted by Crippen LogP contribution is -2.39. The molecular formula is C8H13F3N2O. The van der Waals surface area contributed by atoms with Crippen LogP contribution in [0.25, 0.3) is 0 Å². The van der Waals surface area contributed by atoms with E-state index in [0.717, 1.165) is 12.8 Å². The number of carbonyl (C=O) groups is 1. The molecular weight excluding hydrogens is 197 g/mol. The minimum atomic E-state index is -4.42. The molecule has 1 fully saturated rings. The first-order valence-electron chi connectivity index (χ1n) is 4.50. The van der Waals surface area contributed by atoms with Crippen LogP contribution >= 0.6 is 0 Å². The van der Waals surface area contributed by atoms with E-state index in [2.05, 4.69) is 0 Å². The van der Waals surface area contributed by atoms with Gasteiger partial charge in [0, 0.05) is 19.1 Å². The molecule has 2 N–H and O–H groups in total. The Hall–Kier alpha value is -0.780. The van der Waals surface area contributed by atoms with Crippen LogP contribution in [-0.4, -0.2) is 36.1 Å². The van der Waals surface area contributed by atoms with Crippen LogP contribution in [0.5, 0.6) is 0 Å². The molecule has 6 heteroatoms. The summed E-state index contributed by atoms with van der Waals surface area (Å²) in [5.74, 6) is -0.856. The van der Waals surface area contributed by atoms with Crippen molar-refractivity contribution >= 4 is 5.91 Å². The molecule has 0 radical (unpaired) electrons. The van der Waals surface area contributed by atoms with Crippen molar-refractivity contribution in [1.29, 1.82) is 0 Å². The summed E-state index contributed by atoms with van der Waals surface area (Å²) in [4.78, 5) is 12.4. The topological polar surface area (TPSA) is 46.3 Å². The summed E-state index contributed by atoms with van der Waals surface area (Å²) in [6.45, 7) is 0.430. The summed E-state index contributed by atoms with van der Waals surface area (Å²) in [5.41, 5.74) is 5.22. The lowest BCUT2D eigenvalue weighted by molar-refractivity contribution is -0.161. The zero-order chi connectivity index (χ0) is 10.8. The summed E-state index contributed by atoms with van der Waals surface area (Å²) in [6, 6.07) is -0.00611. The average molecular weight is 210 g/mol. The predicted octanol–water partition coefficient (Wildman–Crippen LogP) is 0.889. The third-order valence-electron chi connectivity index (χ3n) is 2.03. The second kappa shape index (κ2) is 4.16. The second-order valence-corrected chi connectivity index (χ2v) is 3.40. The summed E-state index contributed by atoms with van der Waals surface area (Å²) in [5, 5.41) is 0. The molecule has 82 valence electrons. The van der Waals surface area contributed by atoms with Gasteiger partial charge in [-0.3, -0.25) is 4.79 Å². The Morgan fingerprint density at radius 3 is 2.36 bits per heavy atom. The van der Waals surface area contributed by atoms with Gasteiger partial charge in [-0.15, -0.1) is 0 Å². The van der Waals surface area contributed by atoms with Gasteiger partial charge in [-0.05, 0) is 12.8 Å². The van der Waals surface area contributed by atoms with Crippen molar-refractivity contribution in [3.8, 4) is 0 Å². The highest BCUT2D eigenvalue weighted by atomic mass is 19.4. The fraction of sp³-hybridized carbons (Fsp3) is 0.875. The molecule has 14 heavy (non-hydrogen) atoms. The van der Waals surface area contributed by atoms with Gasteiger partial charge in [-0.1, -0.05) is 0 Å². The van der Waals surface area contributed by atoms with Gasteiger partial charge in [0.05, 0.1) is 0 Å². The number of hydrogen-bond donors (Lipinski definition) is 1. The van der Waals surface area contributed by atoms with Gasteiger partial charge >= 0.3 is 6.18 Å². The molecule has 0 atom stereocenters. The highest BCUT2D eigenvalue weighted by Crippen LogP contribution is 2.29. The van der Waals surface area contributed by atoms with Crippen molar-refractivity contribution in [3.63, 3.8) is 0 Å². The molecule has 3 nitrogen and oxygen atoms in total. The molecule has 0 aliphatic heterocycles. The largest absolute Gasteiger partial charge is 0.397 e. The Kier molecular flexibility index (Phi) is 3.36. The minimum absolute atomic E-state index is 0.00611. The SMILES string of the molecule is NCCN(C(=O)CC(F)(F)F)C1CC1. The van der Waals surface area contributed by atoms with Gasteiger partial charge < -0.3 is 10.6 Å². The number of rotatable bonds is 4. The Balaban J connectivity index is 2.46. The van der Waals surface area contributed by atoms with Crippen LogP contribution in [0.1, 0.15) is 19.3 Å². The molecule has 1 aliphatic rings. The van der Waals surface area contributed by atoms with E-state index >= 15 is 0 Å². The maximum Gasteiger partial charge on any atom is 0.397 e. The van der Waals surface area contributed by atoms with Crippen LogP contribution in [0.2, 0.25) is 0 Å². The van der Waals surface area contributed by atoms with E-state index < -0.39 is 18.5 Å². The van der Waals surface area contributed by atoms with Crippen molar-refractivity contribution in [2.45, 2.75) is 31.5 Å². The monoisotopic (exact) mass is 210 g/mol. The molecule has 0 saturated heterocycles. The van der Waals surface area contributed by atoms with Gasteiger partial charge in [0.1, 0.15) is 6.42 Å². The van der Waals surface area contributed by atoms with Crippen molar-refractivity contribution in [3.05, 3.63) is 0 Å². The fourth-order valence-corrected chi connectivity index (χ4v) is 1.31. The highest BCUT2D eigenvalue weighted by Gasteiger charge is 2.38.